The van der Waals surface area contributed by atoms with E-state index in [0.29, 0.717) is 21.8 Å². The van der Waals surface area contributed by atoms with Gasteiger partial charge in [0.15, 0.2) is 5.82 Å². The van der Waals surface area contributed by atoms with Crippen LogP contribution in [0.15, 0.2) is 53.5 Å². The van der Waals surface area contributed by atoms with Crippen molar-refractivity contribution in [3.63, 3.8) is 0 Å². The van der Waals surface area contributed by atoms with Gasteiger partial charge in [-0.25, -0.2) is 9.79 Å². The molecular weight excluding hydrogens is 398 g/mol. The minimum Gasteiger partial charge on any atom is -0.450 e. The van der Waals surface area contributed by atoms with Crippen LogP contribution in [0.4, 0.5) is 22.1 Å². The lowest BCUT2D eigenvalue weighted by Gasteiger charge is -2.06. The molecule has 1 amide bonds. The predicted molar refractivity (Wildman–Crippen MR) is 108 cm³/mol. The van der Waals surface area contributed by atoms with Crippen LogP contribution in [0.2, 0.25) is 5.02 Å². The normalized spacial score (nSPS) is 10.8. The van der Waals surface area contributed by atoms with Gasteiger partial charge in [-0.05, 0) is 29.3 Å². The first-order valence-corrected chi connectivity index (χ1v) is 8.70. The Labute approximate surface area is 170 Å². The largest absolute Gasteiger partial charge is 0.506 e. The minimum absolute atomic E-state index is 0.0699. The molecule has 0 bridgehead atoms. The zero-order valence-corrected chi connectivity index (χ0v) is 15.7. The van der Waals surface area contributed by atoms with Crippen molar-refractivity contribution in [1.82, 2.24) is 10.2 Å². The number of ether oxygens (including phenoxy) is 1. The van der Waals surface area contributed by atoms with Gasteiger partial charge >= 0.3 is 6.16 Å². The maximum absolute atomic E-state index is 12.0. The summed E-state index contributed by atoms with van der Waals surface area (Å²) in [5.74, 6) is -0.372. The van der Waals surface area contributed by atoms with Crippen molar-refractivity contribution in [1.29, 1.82) is 0 Å². The molecule has 10 heteroatoms. The molecule has 0 saturated carbocycles. The first kappa shape index (κ1) is 19.9. The molecule has 148 valence electrons. The second-order valence-corrected chi connectivity index (χ2v) is 6.24. The fourth-order valence-corrected chi connectivity index (χ4v) is 2.71. The van der Waals surface area contributed by atoms with Crippen molar-refractivity contribution < 1.29 is 19.4 Å². The number of amides is 1. The number of aromatic amines is 1. The van der Waals surface area contributed by atoms with Crippen LogP contribution in [0.3, 0.4) is 0 Å². The van der Waals surface area contributed by atoms with Gasteiger partial charge in [0.2, 0.25) is 0 Å². The van der Waals surface area contributed by atoms with E-state index in [4.69, 9.17) is 22.4 Å². The lowest BCUT2D eigenvalue weighted by molar-refractivity contribution is 0.0853. The SMILES string of the molecule is NC(=O)c1c(N=Cc2ccccc2COC(=O)O)n[nH]c1Nc1cccc(Cl)c1. The average Bonchev–Trinajstić information content (AvgIpc) is 3.08. The highest BCUT2D eigenvalue weighted by molar-refractivity contribution is 6.30. The number of rotatable bonds is 7. The molecule has 9 nitrogen and oxygen atoms in total. The molecule has 3 aromatic rings. The Bertz CT molecular complexity index is 1080. The lowest BCUT2D eigenvalue weighted by Crippen LogP contribution is -2.12. The maximum atomic E-state index is 12.0. The number of carbonyl (C=O) groups is 2. The van der Waals surface area contributed by atoms with Crippen molar-refractivity contribution >= 4 is 47.2 Å². The number of carboxylic acid groups (broad SMARTS) is 1. The summed E-state index contributed by atoms with van der Waals surface area (Å²) in [6.07, 6.45) is 0.0727. The Morgan fingerprint density at radius 3 is 2.79 bits per heavy atom. The van der Waals surface area contributed by atoms with Crippen LogP contribution in [-0.4, -0.2) is 33.6 Å². The fraction of sp³-hybridized carbons (Fsp3) is 0.0526. The van der Waals surface area contributed by atoms with E-state index in [9.17, 15) is 9.59 Å². The smallest absolute Gasteiger partial charge is 0.450 e. The molecular formula is C19H16ClN5O4. The Hall–Kier alpha value is -3.85. The van der Waals surface area contributed by atoms with Crippen molar-refractivity contribution in [2.75, 3.05) is 5.32 Å². The molecule has 0 aliphatic heterocycles. The van der Waals surface area contributed by atoms with E-state index < -0.39 is 12.1 Å². The first-order chi connectivity index (χ1) is 13.9. The van der Waals surface area contributed by atoms with Crippen LogP contribution in [-0.2, 0) is 11.3 Å². The maximum Gasteiger partial charge on any atom is 0.506 e. The molecule has 0 spiro atoms. The van der Waals surface area contributed by atoms with E-state index >= 15 is 0 Å². The van der Waals surface area contributed by atoms with E-state index in [-0.39, 0.29) is 23.8 Å². The van der Waals surface area contributed by atoms with Crippen molar-refractivity contribution in [2.45, 2.75) is 6.61 Å². The number of hydrogen-bond donors (Lipinski definition) is 4. The van der Waals surface area contributed by atoms with Gasteiger partial charge in [-0.15, -0.1) is 0 Å². The van der Waals surface area contributed by atoms with Gasteiger partial charge in [0.25, 0.3) is 5.91 Å². The van der Waals surface area contributed by atoms with E-state index in [1.54, 1.807) is 48.5 Å². The van der Waals surface area contributed by atoms with E-state index in [1.807, 2.05) is 0 Å². The number of benzene rings is 2. The Morgan fingerprint density at radius 1 is 1.28 bits per heavy atom. The summed E-state index contributed by atoms with van der Waals surface area (Å²) in [5, 5.41) is 18.9. The number of nitrogens with zero attached hydrogens (tertiary/aromatic N) is 2. The molecule has 0 saturated heterocycles. The van der Waals surface area contributed by atoms with E-state index in [1.165, 1.54) is 6.21 Å². The summed E-state index contributed by atoms with van der Waals surface area (Å²) >= 11 is 5.97. The Kier molecular flexibility index (Phi) is 6.10. The van der Waals surface area contributed by atoms with Crippen molar-refractivity contribution in [3.05, 3.63) is 70.2 Å². The monoisotopic (exact) mass is 413 g/mol. The van der Waals surface area contributed by atoms with Gasteiger partial charge in [0, 0.05) is 16.9 Å². The van der Waals surface area contributed by atoms with Gasteiger partial charge in [0.05, 0.1) is 0 Å². The summed E-state index contributed by atoms with van der Waals surface area (Å²) < 4.78 is 4.60. The van der Waals surface area contributed by atoms with E-state index in [2.05, 4.69) is 25.2 Å². The van der Waals surface area contributed by atoms with Gasteiger partial charge < -0.3 is 20.9 Å². The van der Waals surface area contributed by atoms with Gasteiger partial charge in [0.1, 0.15) is 18.0 Å². The number of H-pyrrole nitrogens is 1. The van der Waals surface area contributed by atoms with Crippen LogP contribution in [0, 0.1) is 0 Å². The number of nitrogens with one attached hydrogen (secondary N) is 2. The topological polar surface area (TPSA) is 143 Å². The van der Waals surface area contributed by atoms with Crippen molar-refractivity contribution in [2.24, 2.45) is 10.7 Å². The van der Waals surface area contributed by atoms with Crippen LogP contribution >= 0.6 is 11.6 Å². The summed E-state index contributed by atoms with van der Waals surface area (Å²) in [7, 11) is 0. The first-order valence-electron chi connectivity index (χ1n) is 8.32. The zero-order valence-electron chi connectivity index (χ0n) is 14.9. The number of aliphatic imine (C=N–C) groups is 1. The van der Waals surface area contributed by atoms with E-state index in [0.717, 1.165) is 0 Å². The number of carbonyl (C=O) groups excluding carboxylic acids is 1. The molecule has 1 aromatic heterocycles. The third-order valence-electron chi connectivity index (χ3n) is 3.82. The third-order valence-corrected chi connectivity index (χ3v) is 4.05. The molecule has 29 heavy (non-hydrogen) atoms. The van der Waals surface area contributed by atoms with Crippen LogP contribution in [0.25, 0.3) is 0 Å². The van der Waals surface area contributed by atoms with Crippen LogP contribution < -0.4 is 11.1 Å². The number of anilines is 2. The van der Waals surface area contributed by atoms with Crippen LogP contribution in [0.1, 0.15) is 21.5 Å². The Balaban J connectivity index is 1.87. The number of primary amides is 1. The molecule has 0 atom stereocenters. The number of halogens is 1. The van der Waals surface area contributed by atoms with Gasteiger partial charge in [-0.2, -0.15) is 5.10 Å². The molecule has 5 N–H and O–H groups in total. The van der Waals surface area contributed by atoms with Crippen LogP contribution in [0.5, 0.6) is 0 Å². The standard InChI is InChI=1S/C19H16ClN5O4/c20-13-6-3-7-14(8-13)23-18-15(16(21)26)17(24-25-18)22-9-11-4-1-2-5-12(11)10-29-19(27)28/h1-9H,10H2,(H2,21,26)(H,27,28)(H2,23,24,25). The molecule has 0 aliphatic carbocycles. The highest BCUT2D eigenvalue weighted by Crippen LogP contribution is 2.27. The van der Waals surface area contributed by atoms with Gasteiger partial charge in [-0.1, -0.05) is 41.9 Å². The zero-order chi connectivity index (χ0) is 20.8. The second-order valence-electron chi connectivity index (χ2n) is 5.81. The predicted octanol–water partition coefficient (Wildman–Crippen LogP) is 3.85. The summed E-state index contributed by atoms with van der Waals surface area (Å²) in [6, 6.07) is 13.8. The highest BCUT2D eigenvalue weighted by Gasteiger charge is 2.18. The average molecular weight is 414 g/mol. The molecule has 0 aliphatic rings. The lowest BCUT2D eigenvalue weighted by atomic mass is 10.1. The summed E-state index contributed by atoms with van der Waals surface area (Å²) in [5.41, 5.74) is 7.42. The third kappa shape index (κ3) is 5.11. The quantitative estimate of drug-likeness (QED) is 0.342. The molecule has 0 unspecified atom stereocenters. The molecule has 2 aromatic carbocycles. The molecule has 3 rings (SSSR count). The number of hydrogen-bond acceptors (Lipinski definition) is 6. The Morgan fingerprint density at radius 2 is 2.07 bits per heavy atom. The molecule has 0 fully saturated rings. The summed E-state index contributed by atoms with van der Waals surface area (Å²) in [4.78, 5) is 26.8. The molecule has 0 radical (unpaired) electrons. The molecule has 1 heterocycles. The number of aromatic nitrogens is 2. The minimum atomic E-state index is -1.38. The fourth-order valence-electron chi connectivity index (χ4n) is 2.52. The highest BCUT2D eigenvalue weighted by atomic mass is 35.5. The number of nitrogens with two attached hydrogens (primary N) is 1. The summed E-state index contributed by atoms with van der Waals surface area (Å²) in [6.45, 7) is -0.137. The second kappa shape index (κ2) is 8.89. The van der Waals surface area contributed by atoms with Gasteiger partial charge in [-0.3, -0.25) is 9.89 Å². The van der Waals surface area contributed by atoms with Crippen molar-refractivity contribution in [3.8, 4) is 0 Å².